The van der Waals surface area contributed by atoms with E-state index in [-0.39, 0.29) is 12.1 Å². The van der Waals surface area contributed by atoms with Crippen molar-refractivity contribution in [3.63, 3.8) is 0 Å². The van der Waals surface area contributed by atoms with Gasteiger partial charge in [0.05, 0.1) is 41.9 Å². The summed E-state index contributed by atoms with van der Waals surface area (Å²) in [4.78, 5) is 22.1. The van der Waals surface area contributed by atoms with Crippen molar-refractivity contribution in [1.82, 2.24) is 14.5 Å². The van der Waals surface area contributed by atoms with Crippen molar-refractivity contribution in [3.05, 3.63) is 96.1 Å². The third-order valence-corrected chi connectivity index (χ3v) is 6.63. The molecule has 3 aromatic carbocycles. The Kier molecular flexibility index (Phi) is 6.24. The summed E-state index contributed by atoms with van der Waals surface area (Å²) < 4.78 is 2.08. The Labute approximate surface area is 206 Å². The van der Waals surface area contributed by atoms with Gasteiger partial charge >= 0.3 is 6.03 Å². The zero-order valence-corrected chi connectivity index (χ0v) is 20.1. The van der Waals surface area contributed by atoms with Crippen molar-refractivity contribution in [2.45, 2.75) is 39.4 Å². The number of benzene rings is 3. The van der Waals surface area contributed by atoms with Crippen LogP contribution in [0.5, 0.6) is 0 Å². The second kappa shape index (κ2) is 9.63. The van der Waals surface area contributed by atoms with E-state index in [4.69, 9.17) is 5.26 Å². The highest BCUT2D eigenvalue weighted by molar-refractivity contribution is 6.04. The molecule has 1 aromatic heterocycles. The van der Waals surface area contributed by atoms with Crippen molar-refractivity contribution >= 4 is 22.5 Å². The van der Waals surface area contributed by atoms with Gasteiger partial charge in [-0.2, -0.15) is 5.26 Å². The van der Waals surface area contributed by atoms with Crippen LogP contribution in [0.2, 0.25) is 0 Å². The van der Waals surface area contributed by atoms with Gasteiger partial charge in [-0.15, -0.1) is 0 Å². The van der Waals surface area contributed by atoms with E-state index in [1.54, 1.807) is 0 Å². The van der Waals surface area contributed by atoms with Crippen LogP contribution in [0.4, 0.5) is 10.5 Å². The van der Waals surface area contributed by atoms with Gasteiger partial charge < -0.3 is 9.47 Å². The summed E-state index contributed by atoms with van der Waals surface area (Å²) in [6.07, 6.45) is 4.59. The number of hydrogen-bond donors (Lipinski definition) is 0. The van der Waals surface area contributed by atoms with E-state index in [9.17, 15) is 4.79 Å². The van der Waals surface area contributed by atoms with E-state index in [0.717, 1.165) is 34.1 Å². The number of hydrogen-bond acceptors (Lipinski definition) is 3. The Bertz CT molecular complexity index is 1380. The number of urea groups is 1. The number of carbonyl (C=O) groups is 1. The molecule has 0 N–H and O–H groups in total. The molecule has 1 aliphatic rings. The van der Waals surface area contributed by atoms with Gasteiger partial charge in [-0.25, -0.2) is 9.78 Å². The topological polar surface area (TPSA) is 65.2 Å². The molecule has 5 rings (SSSR count). The Balaban J connectivity index is 1.41. The van der Waals surface area contributed by atoms with Crippen molar-refractivity contribution in [1.29, 1.82) is 5.26 Å². The number of rotatable bonds is 7. The lowest BCUT2D eigenvalue weighted by atomic mass is 10.0. The number of amides is 2. The minimum Gasteiger partial charge on any atom is -0.329 e. The molecule has 0 radical (unpaired) electrons. The van der Waals surface area contributed by atoms with E-state index in [0.29, 0.717) is 31.1 Å². The highest BCUT2D eigenvalue weighted by atomic mass is 16.2. The second-order valence-electron chi connectivity index (χ2n) is 9.64. The molecule has 176 valence electrons. The Morgan fingerprint density at radius 1 is 1.03 bits per heavy atom. The molecule has 1 unspecified atom stereocenters. The average Bonchev–Trinajstić information content (AvgIpc) is 3.42. The van der Waals surface area contributed by atoms with Gasteiger partial charge in [-0.3, -0.25) is 4.90 Å². The lowest BCUT2D eigenvalue weighted by Crippen LogP contribution is -2.36. The number of nitrogens with zero attached hydrogens (tertiary/aromatic N) is 5. The predicted octanol–water partition coefficient (Wildman–Crippen LogP) is 5.81. The third-order valence-electron chi connectivity index (χ3n) is 6.63. The molecule has 0 spiro atoms. The lowest BCUT2D eigenvalue weighted by Gasteiger charge is -2.26. The molecule has 2 amide bonds. The van der Waals surface area contributed by atoms with Gasteiger partial charge in [0.2, 0.25) is 0 Å². The normalized spacial score (nSPS) is 15.8. The quantitative estimate of drug-likeness (QED) is 0.347. The first-order chi connectivity index (χ1) is 17.0. The summed E-state index contributed by atoms with van der Waals surface area (Å²) in [5.41, 5.74) is 3.70. The minimum atomic E-state index is 0.0399. The van der Waals surface area contributed by atoms with E-state index in [1.165, 1.54) is 0 Å². The second-order valence-corrected chi connectivity index (χ2v) is 9.64. The van der Waals surface area contributed by atoms with E-state index < -0.39 is 0 Å². The Morgan fingerprint density at radius 2 is 1.80 bits per heavy atom. The summed E-state index contributed by atoms with van der Waals surface area (Å²) in [5.74, 6) is 0.479. The number of carbonyl (C=O) groups excluding carboxylic acids is 1. The summed E-state index contributed by atoms with van der Waals surface area (Å²) in [6.45, 7) is 6.25. The van der Waals surface area contributed by atoms with Crippen LogP contribution in [0.1, 0.15) is 37.1 Å². The molecule has 1 saturated heterocycles. The van der Waals surface area contributed by atoms with Crippen LogP contribution in [0.3, 0.4) is 0 Å². The van der Waals surface area contributed by atoms with Crippen LogP contribution < -0.4 is 4.90 Å². The molecular weight excluding hydrogens is 434 g/mol. The maximum absolute atomic E-state index is 13.8. The summed E-state index contributed by atoms with van der Waals surface area (Å²) in [6, 6.07) is 24.3. The first-order valence-corrected chi connectivity index (χ1v) is 12.1. The lowest BCUT2D eigenvalue weighted by molar-refractivity contribution is 0.217. The predicted molar refractivity (Wildman–Crippen MR) is 138 cm³/mol. The smallest absolute Gasteiger partial charge is 0.325 e. The van der Waals surface area contributed by atoms with E-state index in [2.05, 4.69) is 53.7 Å². The van der Waals surface area contributed by atoms with Gasteiger partial charge in [0, 0.05) is 24.7 Å². The molecule has 0 aliphatic carbocycles. The van der Waals surface area contributed by atoms with Crippen LogP contribution in [0, 0.1) is 17.2 Å². The van der Waals surface area contributed by atoms with E-state index in [1.807, 2.05) is 64.8 Å². The van der Waals surface area contributed by atoms with Crippen LogP contribution in [-0.4, -0.2) is 33.1 Å². The van der Waals surface area contributed by atoms with Gasteiger partial charge in [-0.05, 0) is 41.5 Å². The molecule has 0 bridgehead atoms. The van der Waals surface area contributed by atoms with Crippen LogP contribution in [0.25, 0.3) is 10.8 Å². The standard InChI is InChI=1S/C29H29N5O/c1-21(2)14-25-18-32(29(35)34(25)28-9-5-7-24-6-3-4-8-27(24)28)19-26-16-31-20-33(26)17-23-12-10-22(15-30)11-13-23/h3-13,16,20-21,25H,14,17-19H2,1-2H3. The summed E-state index contributed by atoms with van der Waals surface area (Å²) in [5, 5.41) is 11.3. The highest BCUT2D eigenvalue weighted by Crippen LogP contribution is 2.34. The zero-order valence-electron chi connectivity index (χ0n) is 20.1. The van der Waals surface area contributed by atoms with Crippen molar-refractivity contribution in [2.24, 2.45) is 5.92 Å². The van der Waals surface area contributed by atoms with E-state index >= 15 is 0 Å². The number of imidazole rings is 1. The first-order valence-electron chi connectivity index (χ1n) is 12.1. The molecule has 35 heavy (non-hydrogen) atoms. The fourth-order valence-electron chi connectivity index (χ4n) is 5.00. The molecule has 1 fully saturated rings. The maximum Gasteiger partial charge on any atom is 0.325 e. The van der Waals surface area contributed by atoms with Crippen molar-refractivity contribution in [3.8, 4) is 6.07 Å². The van der Waals surface area contributed by atoms with Crippen LogP contribution in [0.15, 0.2) is 79.3 Å². The Morgan fingerprint density at radius 3 is 2.57 bits per heavy atom. The minimum absolute atomic E-state index is 0.0399. The monoisotopic (exact) mass is 463 g/mol. The molecule has 6 nitrogen and oxygen atoms in total. The van der Waals surface area contributed by atoms with Crippen LogP contribution >= 0.6 is 0 Å². The Hall–Kier alpha value is -4.11. The molecule has 6 heteroatoms. The molecule has 1 aliphatic heterocycles. The number of nitriles is 1. The maximum atomic E-state index is 13.8. The largest absolute Gasteiger partial charge is 0.329 e. The molecule has 0 saturated carbocycles. The van der Waals surface area contributed by atoms with Gasteiger partial charge in [0.15, 0.2) is 0 Å². The molecule has 4 aromatic rings. The third kappa shape index (κ3) is 4.63. The number of aromatic nitrogens is 2. The first kappa shape index (κ1) is 22.7. The van der Waals surface area contributed by atoms with Gasteiger partial charge in [-0.1, -0.05) is 62.4 Å². The molecule has 2 heterocycles. The van der Waals surface area contributed by atoms with Gasteiger partial charge in [0.1, 0.15) is 0 Å². The SMILES string of the molecule is CC(C)CC1CN(Cc2cncn2Cc2ccc(C#N)cc2)C(=O)N1c1cccc2ccccc12. The zero-order chi connectivity index (χ0) is 24.4. The molecule has 1 atom stereocenters. The summed E-state index contributed by atoms with van der Waals surface area (Å²) >= 11 is 0. The van der Waals surface area contributed by atoms with Gasteiger partial charge in [0.25, 0.3) is 0 Å². The summed E-state index contributed by atoms with van der Waals surface area (Å²) in [7, 11) is 0. The number of fused-ring (bicyclic) bond motifs is 1. The number of anilines is 1. The fraction of sp³-hybridized carbons (Fsp3) is 0.276. The van der Waals surface area contributed by atoms with Crippen molar-refractivity contribution in [2.75, 3.05) is 11.4 Å². The average molecular weight is 464 g/mol. The molecular formula is C29H29N5O. The van der Waals surface area contributed by atoms with Crippen molar-refractivity contribution < 1.29 is 4.79 Å². The highest BCUT2D eigenvalue weighted by Gasteiger charge is 2.39. The fourth-order valence-corrected chi connectivity index (χ4v) is 5.00. The van der Waals surface area contributed by atoms with Crippen LogP contribution in [-0.2, 0) is 13.1 Å².